The molecule has 1 aromatic rings. The second-order valence-electron chi connectivity index (χ2n) is 4.55. The first kappa shape index (κ1) is 11.7. The molecule has 0 saturated carbocycles. The first-order valence-corrected chi connectivity index (χ1v) is 5.84. The molecule has 0 saturated heterocycles. The van der Waals surface area contributed by atoms with Crippen LogP contribution < -0.4 is 0 Å². The van der Waals surface area contributed by atoms with Crippen LogP contribution in [-0.4, -0.2) is 5.71 Å². The van der Waals surface area contributed by atoms with Gasteiger partial charge in [-0.3, -0.25) is 0 Å². The summed E-state index contributed by atoms with van der Waals surface area (Å²) in [7, 11) is 0. The van der Waals surface area contributed by atoms with Crippen LogP contribution in [0.1, 0.15) is 32.4 Å². The van der Waals surface area contributed by atoms with Crippen LogP contribution in [0, 0.1) is 5.41 Å². The Morgan fingerprint density at radius 2 is 2.00 bits per heavy atom. The molecule has 2 rings (SSSR count). The molecule has 1 aliphatic rings. The summed E-state index contributed by atoms with van der Waals surface area (Å²) in [6, 6.07) is 5.44. The van der Waals surface area contributed by atoms with Gasteiger partial charge in [0.05, 0.1) is 11.1 Å². The zero-order valence-electron chi connectivity index (χ0n) is 9.42. The SMILES string of the molecule is CC1=NOC(c2ccc(Cl)cc2Cl)C1(C)C. The molecule has 0 aliphatic carbocycles. The summed E-state index contributed by atoms with van der Waals surface area (Å²) in [5, 5.41) is 5.28. The van der Waals surface area contributed by atoms with E-state index in [4.69, 9.17) is 28.0 Å². The number of nitrogens with zero attached hydrogens (tertiary/aromatic N) is 1. The van der Waals surface area contributed by atoms with Crippen LogP contribution in [0.2, 0.25) is 10.0 Å². The van der Waals surface area contributed by atoms with Crippen LogP contribution >= 0.6 is 23.2 Å². The standard InChI is InChI=1S/C12H13Cl2NO/c1-7-12(2,3)11(16-15-7)9-5-4-8(13)6-10(9)14/h4-6,11H,1-3H3. The van der Waals surface area contributed by atoms with E-state index in [2.05, 4.69) is 19.0 Å². The normalized spacial score (nSPS) is 22.8. The van der Waals surface area contributed by atoms with E-state index in [0.717, 1.165) is 11.3 Å². The van der Waals surface area contributed by atoms with E-state index in [9.17, 15) is 0 Å². The third-order valence-corrected chi connectivity index (χ3v) is 3.69. The lowest BCUT2D eigenvalue weighted by Gasteiger charge is -2.25. The van der Waals surface area contributed by atoms with Gasteiger partial charge in [0.15, 0.2) is 6.10 Å². The van der Waals surface area contributed by atoms with Gasteiger partial charge in [-0.1, -0.05) is 48.3 Å². The Balaban J connectivity index is 2.40. The third kappa shape index (κ3) is 1.80. The average molecular weight is 258 g/mol. The van der Waals surface area contributed by atoms with Gasteiger partial charge >= 0.3 is 0 Å². The lowest BCUT2D eigenvalue weighted by Crippen LogP contribution is -2.25. The van der Waals surface area contributed by atoms with Crippen LogP contribution in [0.25, 0.3) is 0 Å². The first-order valence-electron chi connectivity index (χ1n) is 5.09. The van der Waals surface area contributed by atoms with Gasteiger partial charge in [0, 0.05) is 15.6 Å². The number of rotatable bonds is 1. The van der Waals surface area contributed by atoms with Gasteiger partial charge < -0.3 is 4.84 Å². The van der Waals surface area contributed by atoms with Gasteiger partial charge in [0.2, 0.25) is 0 Å². The molecule has 0 bridgehead atoms. The molecule has 1 atom stereocenters. The second kappa shape index (κ2) is 3.94. The number of benzene rings is 1. The minimum Gasteiger partial charge on any atom is -0.387 e. The fraction of sp³-hybridized carbons (Fsp3) is 0.417. The highest BCUT2D eigenvalue weighted by molar-refractivity contribution is 6.35. The monoisotopic (exact) mass is 257 g/mol. The molecule has 1 unspecified atom stereocenters. The summed E-state index contributed by atoms with van der Waals surface area (Å²) in [4.78, 5) is 5.45. The Morgan fingerprint density at radius 3 is 2.50 bits per heavy atom. The van der Waals surface area contributed by atoms with Gasteiger partial charge in [0.1, 0.15) is 0 Å². The van der Waals surface area contributed by atoms with Crippen molar-refractivity contribution in [3.63, 3.8) is 0 Å². The number of oxime groups is 1. The number of hydrogen-bond acceptors (Lipinski definition) is 2. The maximum absolute atomic E-state index is 6.17. The van der Waals surface area contributed by atoms with Gasteiger partial charge in [0.25, 0.3) is 0 Å². The Kier molecular flexibility index (Phi) is 2.89. The van der Waals surface area contributed by atoms with Crippen molar-refractivity contribution in [2.75, 3.05) is 0 Å². The van der Waals surface area contributed by atoms with Crippen molar-refractivity contribution < 1.29 is 4.84 Å². The zero-order valence-corrected chi connectivity index (χ0v) is 10.9. The molecule has 0 amide bonds. The van der Waals surface area contributed by atoms with Crippen LogP contribution in [0.5, 0.6) is 0 Å². The molecule has 1 aliphatic heterocycles. The van der Waals surface area contributed by atoms with Crippen molar-refractivity contribution in [2.45, 2.75) is 26.9 Å². The van der Waals surface area contributed by atoms with Crippen molar-refractivity contribution in [3.8, 4) is 0 Å². The summed E-state index contributed by atoms with van der Waals surface area (Å²) >= 11 is 12.0. The summed E-state index contributed by atoms with van der Waals surface area (Å²) in [5.74, 6) is 0. The van der Waals surface area contributed by atoms with E-state index >= 15 is 0 Å². The smallest absolute Gasteiger partial charge is 0.164 e. The van der Waals surface area contributed by atoms with E-state index in [-0.39, 0.29) is 11.5 Å². The molecule has 0 fully saturated rings. The van der Waals surface area contributed by atoms with E-state index < -0.39 is 0 Å². The quantitative estimate of drug-likeness (QED) is 0.728. The number of hydrogen-bond donors (Lipinski definition) is 0. The summed E-state index contributed by atoms with van der Waals surface area (Å²) in [5.41, 5.74) is 1.76. The van der Waals surface area contributed by atoms with Crippen molar-refractivity contribution in [3.05, 3.63) is 33.8 Å². The zero-order chi connectivity index (χ0) is 11.9. The van der Waals surface area contributed by atoms with E-state index in [1.165, 1.54) is 0 Å². The fourth-order valence-electron chi connectivity index (χ4n) is 1.73. The van der Waals surface area contributed by atoms with E-state index in [0.29, 0.717) is 10.0 Å². The van der Waals surface area contributed by atoms with Crippen LogP contribution in [0.15, 0.2) is 23.4 Å². The largest absolute Gasteiger partial charge is 0.387 e. The molecule has 86 valence electrons. The predicted molar refractivity (Wildman–Crippen MR) is 67.2 cm³/mol. The molecule has 1 aromatic carbocycles. The highest BCUT2D eigenvalue weighted by atomic mass is 35.5. The summed E-state index contributed by atoms with van der Waals surface area (Å²) in [6.45, 7) is 6.15. The Hall–Kier alpha value is -0.730. The van der Waals surface area contributed by atoms with E-state index in [1.807, 2.05) is 19.1 Å². The van der Waals surface area contributed by atoms with Crippen molar-refractivity contribution in [2.24, 2.45) is 10.6 Å². The lowest BCUT2D eigenvalue weighted by molar-refractivity contribution is 0.0356. The number of halogens is 2. The molecule has 16 heavy (non-hydrogen) atoms. The van der Waals surface area contributed by atoms with Gasteiger partial charge in [-0.2, -0.15) is 0 Å². The molecule has 0 radical (unpaired) electrons. The lowest BCUT2D eigenvalue weighted by atomic mass is 9.80. The molecule has 4 heteroatoms. The van der Waals surface area contributed by atoms with E-state index in [1.54, 1.807) is 6.07 Å². The maximum atomic E-state index is 6.17. The Labute approximate surface area is 105 Å². The first-order chi connectivity index (χ1) is 7.43. The average Bonchev–Trinajstić information content (AvgIpc) is 2.44. The van der Waals surface area contributed by atoms with Crippen molar-refractivity contribution in [1.82, 2.24) is 0 Å². The molecule has 0 aromatic heterocycles. The molecule has 0 N–H and O–H groups in total. The fourth-order valence-corrected chi connectivity index (χ4v) is 2.24. The Morgan fingerprint density at radius 1 is 1.31 bits per heavy atom. The molecular formula is C12H13Cl2NO. The second-order valence-corrected chi connectivity index (χ2v) is 5.39. The van der Waals surface area contributed by atoms with Gasteiger partial charge in [-0.15, -0.1) is 0 Å². The molecule has 1 heterocycles. The molecular weight excluding hydrogens is 245 g/mol. The minimum atomic E-state index is -0.141. The molecule has 0 spiro atoms. The molecule has 2 nitrogen and oxygen atoms in total. The minimum absolute atomic E-state index is 0.141. The summed E-state index contributed by atoms with van der Waals surface area (Å²) in [6.07, 6.45) is -0.141. The van der Waals surface area contributed by atoms with Crippen LogP contribution in [-0.2, 0) is 4.84 Å². The topological polar surface area (TPSA) is 21.6 Å². The summed E-state index contributed by atoms with van der Waals surface area (Å²) < 4.78 is 0. The van der Waals surface area contributed by atoms with Gasteiger partial charge in [-0.25, -0.2) is 0 Å². The third-order valence-electron chi connectivity index (χ3n) is 3.13. The van der Waals surface area contributed by atoms with Crippen LogP contribution in [0.4, 0.5) is 0 Å². The predicted octanol–water partition coefficient (Wildman–Crippen LogP) is 4.47. The Bertz CT molecular complexity index is 454. The van der Waals surface area contributed by atoms with Crippen LogP contribution in [0.3, 0.4) is 0 Å². The highest BCUT2D eigenvalue weighted by Crippen LogP contribution is 2.44. The highest BCUT2D eigenvalue weighted by Gasteiger charge is 2.41. The van der Waals surface area contributed by atoms with Crippen molar-refractivity contribution >= 4 is 28.9 Å². The maximum Gasteiger partial charge on any atom is 0.164 e. The van der Waals surface area contributed by atoms with Crippen molar-refractivity contribution in [1.29, 1.82) is 0 Å². The van der Waals surface area contributed by atoms with Gasteiger partial charge in [-0.05, 0) is 19.1 Å².